The van der Waals surface area contributed by atoms with Gasteiger partial charge in [0, 0.05) is 74.7 Å². The first kappa shape index (κ1) is 71.5. The molecule has 6 aromatic heterocycles. The van der Waals surface area contributed by atoms with Gasteiger partial charge in [-0.25, -0.2) is 37.9 Å². The van der Waals surface area contributed by atoms with Crippen LogP contribution in [0.3, 0.4) is 0 Å². The van der Waals surface area contributed by atoms with Gasteiger partial charge in [0.25, 0.3) is 31.9 Å². The zero-order chi connectivity index (χ0) is 71.1. The van der Waals surface area contributed by atoms with Crippen LogP contribution in [0.1, 0.15) is 132 Å². The Balaban J connectivity index is 0.000000201. The van der Waals surface area contributed by atoms with Gasteiger partial charge in [-0.15, -0.1) is 23.4 Å². The molecule has 10 heterocycles. The van der Waals surface area contributed by atoms with Crippen LogP contribution in [-0.4, -0.2) is 165 Å². The normalized spacial score (nSPS) is 21.2. The number of fused-ring (bicyclic) bond motifs is 12. The summed E-state index contributed by atoms with van der Waals surface area (Å²) in [5.41, 5.74) is 1.31. The maximum absolute atomic E-state index is 14.5. The van der Waals surface area contributed by atoms with Crippen LogP contribution in [0.4, 0.5) is 49.6 Å². The summed E-state index contributed by atoms with van der Waals surface area (Å²) in [6.07, 6.45) is 2.20. The molecule has 0 radical (unpaired) electrons. The molecule has 2 saturated heterocycles. The summed E-state index contributed by atoms with van der Waals surface area (Å²) in [5, 5.41) is 11.4. The number of alkyl halides is 6. The van der Waals surface area contributed by atoms with E-state index >= 15 is 0 Å². The number of ether oxygens (including phenoxy) is 2. The van der Waals surface area contributed by atoms with Crippen LogP contribution in [-0.2, 0) is 24.8 Å². The maximum atomic E-state index is 14.5. The number of aromatic nitrogens is 8. The van der Waals surface area contributed by atoms with Gasteiger partial charge in [-0.3, -0.25) is 14.4 Å². The van der Waals surface area contributed by atoms with Gasteiger partial charge in [-0.2, -0.15) is 43.2 Å². The fourth-order valence-corrected chi connectivity index (χ4v) is 16.2. The van der Waals surface area contributed by atoms with Crippen LogP contribution >= 0.6 is 0 Å². The smallest absolute Gasteiger partial charge is 0.394 e. The van der Waals surface area contributed by atoms with Crippen LogP contribution in [0, 0.1) is 22.7 Å². The summed E-state index contributed by atoms with van der Waals surface area (Å²) in [6, 6.07) is 18.3. The van der Waals surface area contributed by atoms with Gasteiger partial charge in [-0.05, 0) is 165 Å². The number of nitrogens with one attached hydrogen (secondary N) is 1. The Morgan fingerprint density at radius 1 is 0.636 bits per heavy atom. The van der Waals surface area contributed by atoms with E-state index in [2.05, 4.69) is 52.5 Å². The largest absolute Gasteiger partial charge is 0.477 e. The fraction of sp³-hybridized carbons (Fsp3) is 0.507. The number of nitrogens with zero attached hydrogens (tertiary/aromatic N) is 13. The van der Waals surface area contributed by atoms with Crippen molar-refractivity contribution in [2.24, 2.45) is 28.4 Å². The van der Waals surface area contributed by atoms with Gasteiger partial charge in [0.1, 0.15) is 23.3 Å². The molecule has 6 aliphatic rings. The minimum absolute atomic E-state index is 0.0440. The number of halogens is 6. The van der Waals surface area contributed by atoms with E-state index in [1.165, 1.54) is 57.9 Å². The minimum Gasteiger partial charge on any atom is -0.477 e. The Bertz CT molecular complexity index is 4250. The number of pyridine rings is 4. The number of carbonyl (C=O) groups excluding carboxylic acids is 3. The van der Waals surface area contributed by atoms with E-state index in [1.807, 2.05) is 28.5 Å². The van der Waals surface area contributed by atoms with Crippen molar-refractivity contribution in [1.82, 2.24) is 48.1 Å². The van der Waals surface area contributed by atoms with Crippen molar-refractivity contribution in [3.63, 3.8) is 0 Å². The molecule has 32 heteroatoms. The first-order valence-corrected chi connectivity index (χ1v) is 35.8. The quantitative estimate of drug-likeness (QED) is 0.0634. The molecule has 99 heavy (non-hydrogen) atoms. The van der Waals surface area contributed by atoms with Crippen molar-refractivity contribution in [3.8, 4) is 23.4 Å². The lowest BCUT2D eigenvalue weighted by Crippen LogP contribution is -2.42. The van der Waals surface area contributed by atoms with E-state index in [4.69, 9.17) is 25.2 Å². The number of anilines is 4. The average molecular weight is 1420 g/mol. The van der Waals surface area contributed by atoms with Gasteiger partial charge in [0.2, 0.25) is 17.7 Å². The van der Waals surface area contributed by atoms with Crippen molar-refractivity contribution >= 4 is 61.0 Å². The van der Waals surface area contributed by atoms with Crippen LogP contribution in [0.15, 0.2) is 121 Å². The van der Waals surface area contributed by atoms with Gasteiger partial charge < -0.3 is 35.2 Å². The van der Waals surface area contributed by atoms with Crippen molar-refractivity contribution in [3.05, 3.63) is 122 Å². The Hall–Kier alpha value is -8.81. The van der Waals surface area contributed by atoms with Crippen LogP contribution in [0.25, 0.3) is 11.6 Å². The molecular formula is C67H81F6N15O9S2. The topological polar surface area (TPSA) is 279 Å². The second-order valence-electron chi connectivity index (χ2n) is 27.4. The second-order valence-corrected chi connectivity index (χ2v) is 31.0. The third-order valence-corrected chi connectivity index (χ3v) is 22.8. The lowest BCUT2D eigenvalue weighted by Gasteiger charge is -2.34. The number of primary amides is 1. The summed E-state index contributed by atoms with van der Waals surface area (Å²) in [4.78, 5) is 64.8. The predicted octanol–water partition coefficient (Wildman–Crippen LogP) is 10.5. The van der Waals surface area contributed by atoms with Crippen LogP contribution in [0.5, 0.6) is 11.8 Å². The number of sulfonamides is 2. The van der Waals surface area contributed by atoms with Gasteiger partial charge >= 0.3 is 12.4 Å². The minimum atomic E-state index is -4.52. The molecule has 3 amide bonds. The molecule has 4 aliphatic heterocycles. The first-order valence-electron chi connectivity index (χ1n) is 32.9. The Kier molecular flexibility index (Phi) is 20.0. The van der Waals surface area contributed by atoms with Gasteiger partial charge in [0.15, 0.2) is 21.7 Å². The molecule has 8 bridgehead atoms. The number of amides is 3. The number of rotatable bonds is 17. The lowest BCUT2D eigenvalue weighted by molar-refractivity contribution is -0.190. The Morgan fingerprint density at radius 3 is 1.56 bits per heavy atom. The molecule has 0 unspecified atom stereocenters. The molecule has 12 rings (SSSR count). The van der Waals surface area contributed by atoms with Crippen molar-refractivity contribution in [2.45, 2.75) is 145 Å². The average Bonchev–Trinajstić information content (AvgIpc) is 1.76. The molecule has 4 fully saturated rings. The molecular weight excluding hydrogens is 1340 g/mol. The molecule has 0 aromatic carbocycles. The second kappa shape index (κ2) is 27.7. The molecule has 6 aromatic rings. The van der Waals surface area contributed by atoms with E-state index in [1.54, 1.807) is 48.8 Å². The molecule has 532 valence electrons. The van der Waals surface area contributed by atoms with E-state index in [-0.39, 0.29) is 128 Å². The van der Waals surface area contributed by atoms with Crippen molar-refractivity contribution in [2.75, 3.05) is 79.0 Å². The number of carbonyl (C=O) groups is 3. The SMILES string of the molecule is C=CCN1C(=O)c2ccc(-n3ccc(OCCC4(C(F)(F)F)CC4)n3)nc2N2C[C@@H](CCCN(CCC(N)=O)c3cccc(n3)S1(=O)=O)CC2(C)C.C=CCN1C(=O)c2ccc(-n3ccc(OCCC4(C(F)(F)F)CC4)n3)nc2N2C[C@@H](CCCNc3cccc(n3)S1(=O)=O)CC2(C)C. The van der Waals surface area contributed by atoms with Crippen LogP contribution < -0.4 is 35.2 Å². The number of hydrogen-bond acceptors (Lipinski definition) is 19. The van der Waals surface area contributed by atoms with E-state index in [9.17, 15) is 57.6 Å². The standard InChI is InChI=1S/C35H43F3N8O5S.C32H38F3N7O4S/c1-4-17-46-32(48)25-10-11-28(45-20-13-29(42-45)51-21-16-34(14-15-34)35(36,37)38)41-31(25)44-23-24(22-33(44,2)3)7-6-18-43(19-12-26(39)47)27-8-5-9-30(40-27)52(46,49)50;1-4-17-42-29(43)23-10-11-25(41-18-12-26(39-41)46-19-15-31(13-14-31)32(33,34)35)38-28(23)40-21-22(20-30(40,2)3)7-6-16-36-24-8-5-9-27(37-24)47(42,44)45/h4-5,8-11,13,20,24H,1,6-7,12,14-19,21-23H2,2-3H3,(H2,39,47);4-5,8-12,18,22H,1,6-7,13-17,19-21H2,2-3H3,(H,36,37)/t24-;22-/m00/s1. The highest BCUT2D eigenvalue weighted by Gasteiger charge is 2.63. The highest BCUT2D eigenvalue weighted by atomic mass is 32.2. The zero-order valence-electron chi connectivity index (χ0n) is 55.5. The van der Waals surface area contributed by atoms with Crippen molar-refractivity contribution in [1.29, 1.82) is 0 Å². The highest BCUT2D eigenvalue weighted by Crippen LogP contribution is 2.61. The first-order chi connectivity index (χ1) is 46.8. The van der Waals surface area contributed by atoms with Gasteiger partial charge in [-0.1, -0.05) is 24.3 Å². The molecule has 2 aliphatic carbocycles. The summed E-state index contributed by atoms with van der Waals surface area (Å²) >= 11 is 0. The van der Waals surface area contributed by atoms with E-state index < -0.39 is 72.0 Å². The van der Waals surface area contributed by atoms with E-state index in [0.29, 0.717) is 66.0 Å². The monoisotopic (exact) mass is 1420 g/mol. The van der Waals surface area contributed by atoms with Gasteiger partial charge in [0.05, 0.1) is 48.3 Å². The summed E-state index contributed by atoms with van der Waals surface area (Å²) in [7, 11) is -8.91. The molecule has 3 N–H and O–H groups in total. The molecule has 24 nitrogen and oxygen atoms in total. The number of nitrogens with two attached hydrogens (primary N) is 1. The fourth-order valence-electron chi connectivity index (χ4n) is 13.6. The summed E-state index contributed by atoms with van der Waals surface area (Å²) < 4.78 is 152. The molecule has 2 saturated carbocycles. The maximum Gasteiger partial charge on any atom is 0.394 e. The van der Waals surface area contributed by atoms with E-state index in [0.717, 1.165) is 36.4 Å². The van der Waals surface area contributed by atoms with Crippen LogP contribution in [0.2, 0.25) is 0 Å². The summed E-state index contributed by atoms with van der Waals surface area (Å²) in [6.45, 7) is 17.1. The zero-order valence-corrected chi connectivity index (χ0v) is 57.1. The molecule has 0 spiro atoms. The lowest BCUT2D eigenvalue weighted by atomic mass is 9.93. The Labute approximate surface area is 570 Å². The Morgan fingerprint density at radius 2 is 1.10 bits per heavy atom. The third-order valence-electron chi connectivity index (χ3n) is 19.5. The number of hydrogen-bond donors (Lipinski definition) is 2. The summed E-state index contributed by atoms with van der Waals surface area (Å²) in [5.74, 6) is 0.576. The molecule has 2 atom stereocenters. The van der Waals surface area contributed by atoms with Crippen molar-refractivity contribution < 1.29 is 67.0 Å². The predicted molar refractivity (Wildman–Crippen MR) is 356 cm³/mol. The third kappa shape index (κ3) is 15.2. The highest BCUT2D eigenvalue weighted by molar-refractivity contribution is 7.90.